The standard InChI is InChI=1S/C26H19ClFN3O3/c27-21-8-4-9-22(28)20(21)15-31-14-13-25(30-31)29-26(32)24-12-11-18(34-24)16-33-23-10-3-6-17-5-1-2-7-19(17)23/h1-14H,15-16H2,(H,29,30,32). The summed E-state index contributed by atoms with van der Waals surface area (Å²) in [6.07, 6.45) is 1.63. The van der Waals surface area contributed by atoms with Crippen LogP contribution in [0.2, 0.25) is 5.02 Å². The zero-order valence-corrected chi connectivity index (χ0v) is 18.6. The van der Waals surface area contributed by atoms with Gasteiger partial charge in [0.05, 0.1) is 6.54 Å². The van der Waals surface area contributed by atoms with Gasteiger partial charge in [0.15, 0.2) is 11.6 Å². The Morgan fingerprint density at radius 1 is 1.03 bits per heavy atom. The number of fused-ring (bicyclic) bond motifs is 1. The molecule has 8 heteroatoms. The quantitative estimate of drug-likeness (QED) is 0.300. The minimum absolute atomic E-state index is 0.128. The molecular weight excluding hydrogens is 457 g/mol. The molecule has 1 amide bonds. The van der Waals surface area contributed by atoms with E-state index in [0.717, 1.165) is 16.5 Å². The highest BCUT2D eigenvalue weighted by Gasteiger charge is 2.14. The summed E-state index contributed by atoms with van der Waals surface area (Å²) >= 11 is 6.07. The van der Waals surface area contributed by atoms with Crippen LogP contribution >= 0.6 is 11.6 Å². The van der Waals surface area contributed by atoms with Gasteiger partial charge in [-0.15, -0.1) is 0 Å². The third kappa shape index (κ3) is 4.65. The molecule has 2 aromatic heterocycles. The van der Waals surface area contributed by atoms with Crippen molar-refractivity contribution in [2.75, 3.05) is 5.32 Å². The van der Waals surface area contributed by atoms with Gasteiger partial charge < -0.3 is 14.5 Å². The Bertz CT molecular complexity index is 1450. The lowest BCUT2D eigenvalue weighted by Crippen LogP contribution is -2.12. The molecule has 0 saturated carbocycles. The number of ether oxygens (including phenoxy) is 1. The number of carbonyl (C=O) groups is 1. The number of nitrogens with zero attached hydrogens (tertiary/aromatic N) is 2. The van der Waals surface area contributed by atoms with E-state index in [1.165, 1.54) is 10.7 Å². The Balaban J connectivity index is 1.21. The molecule has 0 aliphatic carbocycles. The van der Waals surface area contributed by atoms with Gasteiger partial charge in [0.2, 0.25) is 0 Å². The average Bonchev–Trinajstić information content (AvgIpc) is 3.50. The van der Waals surface area contributed by atoms with Crippen molar-refractivity contribution in [1.29, 1.82) is 0 Å². The van der Waals surface area contributed by atoms with Crippen LogP contribution in [-0.2, 0) is 13.2 Å². The van der Waals surface area contributed by atoms with Crippen molar-refractivity contribution in [3.63, 3.8) is 0 Å². The second-order valence-corrected chi connectivity index (χ2v) is 7.99. The lowest BCUT2D eigenvalue weighted by atomic mass is 10.1. The Kier molecular flexibility index (Phi) is 6.01. The number of hydrogen-bond donors (Lipinski definition) is 1. The third-order valence-electron chi connectivity index (χ3n) is 5.27. The molecule has 2 heterocycles. The van der Waals surface area contributed by atoms with Crippen LogP contribution in [0.4, 0.5) is 10.2 Å². The van der Waals surface area contributed by atoms with Crippen molar-refractivity contribution in [3.8, 4) is 5.75 Å². The lowest BCUT2D eigenvalue weighted by molar-refractivity contribution is 0.0992. The number of anilines is 1. The maximum atomic E-state index is 14.0. The minimum atomic E-state index is -0.453. The maximum absolute atomic E-state index is 14.0. The zero-order chi connectivity index (χ0) is 23.5. The predicted molar refractivity (Wildman–Crippen MR) is 128 cm³/mol. The summed E-state index contributed by atoms with van der Waals surface area (Å²) in [4.78, 5) is 12.6. The van der Waals surface area contributed by atoms with Gasteiger partial charge in [-0.3, -0.25) is 9.48 Å². The van der Waals surface area contributed by atoms with Crippen molar-refractivity contribution in [3.05, 3.63) is 113 Å². The maximum Gasteiger partial charge on any atom is 0.292 e. The fraction of sp³-hybridized carbons (Fsp3) is 0.0769. The molecular formula is C26H19ClFN3O3. The monoisotopic (exact) mass is 475 g/mol. The molecule has 0 unspecified atom stereocenters. The molecule has 0 atom stereocenters. The van der Waals surface area contributed by atoms with Crippen LogP contribution in [0.25, 0.3) is 10.8 Å². The molecule has 0 bridgehead atoms. The van der Waals surface area contributed by atoms with E-state index in [0.29, 0.717) is 22.2 Å². The Labute approximate surface area is 199 Å². The van der Waals surface area contributed by atoms with Crippen LogP contribution in [0, 0.1) is 5.82 Å². The number of nitrogens with one attached hydrogen (secondary N) is 1. The van der Waals surface area contributed by atoms with Crippen molar-refractivity contribution >= 4 is 34.1 Å². The summed E-state index contributed by atoms with van der Waals surface area (Å²) in [5.41, 5.74) is 0.326. The van der Waals surface area contributed by atoms with E-state index in [4.69, 9.17) is 20.8 Å². The summed E-state index contributed by atoms with van der Waals surface area (Å²) in [6.45, 7) is 0.317. The number of benzene rings is 3. The number of halogens is 2. The first kappa shape index (κ1) is 21.7. The van der Waals surface area contributed by atoms with Gasteiger partial charge in [0.25, 0.3) is 5.91 Å². The van der Waals surface area contributed by atoms with E-state index >= 15 is 0 Å². The molecule has 1 N–H and O–H groups in total. The molecule has 170 valence electrons. The zero-order valence-electron chi connectivity index (χ0n) is 17.9. The molecule has 34 heavy (non-hydrogen) atoms. The average molecular weight is 476 g/mol. The second-order valence-electron chi connectivity index (χ2n) is 7.58. The smallest absolute Gasteiger partial charge is 0.292 e. The normalized spacial score (nSPS) is 11.0. The topological polar surface area (TPSA) is 69.3 Å². The van der Waals surface area contributed by atoms with Crippen molar-refractivity contribution in [2.45, 2.75) is 13.2 Å². The molecule has 3 aromatic carbocycles. The summed E-state index contributed by atoms with van der Waals surface area (Å²) in [7, 11) is 0. The summed E-state index contributed by atoms with van der Waals surface area (Å²) < 4.78 is 27.1. The van der Waals surface area contributed by atoms with Crippen LogP contribution in [-0.4, -0.2) is 15.7 Å². The number of furan rings is 1. The van der Waals surface area contributed by atoms with Crippen LogP contribution in [0.1, 0.15) is 21.9 Å². The molecule has 5 rings (SSSR count). The number of rotatable bonds is 7. The van der Waals surface area contributed by atoms with Gasteiger partial charge in [0.1, 0.15) is 23.9 Å². The van der Waals surface area contributed by atoms with Crippen LogP contribution in [0.5, 0.6) is 5.75 Å². The molecule has 0 aliphatic heterocycles. The minimum Gasteiger partial charge on any atom is -0.485 e. The van der Waals surface area contributed by atoms with Gasteiger partial charge in [-0.2, -0.15) is 5.10 Å². The van der Waals surface area contributed by atoms with Crippen LogP contribution in [0.15, 0.2) is 89.5 Å². The number of amides is 1. The third-order valence-corrected chi connectivity index (χ3v) is 5.62. The molecule has 5 aromatic rings. The van der Waals surface area contributed by atoms with Crippen molar-refractivity contribution in [1.82, 2.24) is 9.78 Å². The Morgan fingerprint density at radius 2 is 1.85 bits per heavy atom. The Hall–Kier alpha value is -4.10. The van der Waals surface area contributed by atoms with Gasteiger partial charge in [0, 0.05) is 28.2 Å². The van der Waals surface area contributed by atoms with Gasteiger partial charge in [-0.25, -0.2) is 4.39 Å². The molecule has 0 aliphatic rings. The second kappa shape index (κ2) is 9.41. The van der Waals surface area contributed by atoms with Crippen molar-refractivity contribution in [2.24, 2.45) is 0 Å². The van der Waals surface area contributed by atoms with Gasteiger partial charge in [-0.05, 0) is 35.7 Å². The van der Waals surface area contributed by atoms with Crippen LogP contribution in [0.3, 0.4) is 0 Å². The molecule has 6 nitrogen and oxygen atoms in total. The molecule has 0 fully saturated rings. The number of aromatic nitrogens is 2. The number of carbonyl (C=O) groups excluding carboxylic acids is 1. The predicted octanol–water partition coefficient (Wildman–Crippen LogP) is 6.30. The highest BCUT2D eigenvalue weighted by atomic mass is 35.5. The van der Waals surface area contributed by atoms with E-state index in [1.807, 2.05) is 42.5 Å². The fourth-order valence-corrected chi connectivity index (χ4v) is 3.81. The lowest BCUT2D eigenvalue weighted by Gasteiger charge is -2.08. The summed E-state index contributed by atoms with van der Waals surface area (Å²) in [5.74, 6) is 0.817. The van der Waals surface area contributed by atoms with Gasteiger partial charge >= 0.3 is 0 Å². The van der Waals surface area contributed by atoms with E-state index in [1.54, 1.807) is 36.5 Å². The van der Waals surface area contributed by atoms with E-state index < -0.39 is 11.7 Å². The number of hydrogen-bond acceptors (Lipinski definition) is 4. The van der Waals surface area contributed by atoms with E-state index in [-0.39, 0.29) is 18.9 Å². The first-order chi connectivity index (χ1) is 16.6. The first-order valence-corrected chi connectivity index (χ1v) is 10.9. The van der Waals surface area contributed by atoms with E-state index in [9.17, 15) is 9.18 Å². The summed E-state index contributed by atoms with van der Waals surface area (Å²) in [5, 5.41) is 9.33. The van der Waals surface area contributed by atoms with E-state index in [2.05, 4.69) is 10.4 Å². The van der Waals surface area contributed by atoms with Crippen molar-refractivity contribution < 1.29 is 18.3 Å². The SMILES string of the molecule is O=C(Nc1ccn(Cc2c(F)cccc2Cl)n1)c1ccc(COc2cccc3ccccc23)o1. The highest BCUT2D eigenvalue weighted by Crippen LogP contribution is 2.26. The van der Waals surface area contributed by atoms with Gasteiger partial charge in [-0.1, -0.05) is 54.1 Å². The highest BCUT2D eigenvalue weighted by molar-refractivity contribution is 6.31. The summed E-state index contributed by atoms with van der Waals surface area (Å²) in [6, 6.07) is 23.2. The molecule has 0 spiro atoms. The Morgan fingerprint density at radius 3 is 2.74 bits per heavy atom. The molecule has 0 radical (unpaired) electrons. The largest absolute Gasteiger partial charge is 0.485 e. The molecule has 0 saturated heterocycles. The van der Waals surface area contributed by atoms with Crippen LogP contribution < -0.4 is 10.1 Å². The first-order valence-electron chi connectivity index (χ1n) is 10.5. The fourth-order valence-electron chi connectivity index (χ4n) is 3.59.